The van der Waals surface area contributed by atoms with Crippen molar-refractivity contribution in [2.24, 2.45) is 10.2 Å². The lowest BCUT2D eigenvalue weighted by molar-refractivity contribution is -0.0719. The van der Waals surface area contributed by atoms with Crippen LogP contribution in [0.3, 0.4) is 0 Å². The summed E-state index contributed by atoms with van der Waals surface area (Å²) >= 11 is 4.46. The maximum Gasteiger partial charge on any atom is 0.272 e. The molecule has 2 aliphatic rings. The second-order valence-corrected chi connectivity index (χ2v) is 10.3. The van der Waals surface area contributed by atoms with Crippen molar-refractivity contribution in [3.05, 3.63) is 64.4 Å². The van der Waals surface area contributed by atoms with E-state index in [0.29, 0.717) is 30.4 Å². The Labute approximate surface area is 221 Å². The minimum atomic E-state index is -2.66. The van der Waals surface area contributed by atoms with Crippen LogP contribution in [0.1, 0.15) is 11.1 Å². The Kier molecular flexibility index (Phi) is 9.54. The summed E-state index contributed by atoms with van der Waals surface area (Å²) in [5.41, 5.74) is 1.70. The molecule has 0 aromatic heterocycles. The van der Waals surface area contributed by atoms with Gasteiger partial charge in [0.15, 0.2) is 17.8 Å². The van der Waals surface area contributed by atoms with Crippen LogP contribution in [0.25, 0.3) is 0 Å². The number of anilines is 1. The maximum atomic E-state index is 13.9. The molecule has 0 saturated carbocycles. The molecule has 8 nitrogen and oxygen atoms in total. The minimum Gasteiger partial charge on any atom is -0.470 e. The first-order valence-corrected chi connectivity index (χ1v) is 13.0. The van der Waals surface area contributed by atoms with Crippen LogP contribution in [-0.2, 0) is 27.2 Å². The molecule has 2 fully saturated rings. The molecule has 2 aliphatic heterocycles. The fourth-order valence-corrected chi connectivity index (χ4v) is 5.45. The lowest BCUT2D eigenvalue weighted by Gasteiger charge is -2.42. The Morgan fingerprint density at radius 1 is 1.19 bits per heavy atom. The lowest BCUT2D eigenvalue weighted by Crippen LogP contribution is -2.57. The largest absolute Gasteiger partial charge is 0.470 e. The SMILES string of the molecule is C=N/N=C(\OCC(F)F)c1ccc(CN(c2ccc(F)c(Cl)c2)S(=O)N2CCN(C3COC3)CC2)cc1. The zero-order valence-electron chi connectivity index (χ0n) is 19.9. The zero-order chi connectivity index (χ0) is 26.4. The van der Waals surface area contributed by atoms with Crippen LogP contribution >= 0.6 is 11.6 Å². The number of benzene rings is 2. The van der Waals surface area contributed by atoms with Crippen molar-refractivity contribution in [1.82, 2.24) is 9.21 Å². The number of hydrogen-bond acceptors (Lipinski definition) is 6. The summed E-state index contributed by atoms with van der Waals surface area (Å²) in [6, 6.07) is 11.4. The van der Waals surface area contributed by atoms with Gasteiger partial charge in [-0.15, -0.1) is 5.10 Å². The summed E-state index contributed by atoms with van der Waals surface area (Å²) in [6.45, 7) is 6.83. The van der Waals surface area contributed by atoms with Gasteiger partial charge >= 0.3 is 0 Å². The predicted molar refractivity (Wildman–Crippen MR) is 138 cm³/mol. The van der Waals surface area contributed by atoms with Gasteiger partial charge in [-0.2, -0.15) is 5.10 Å². The van der Waals surface area contributed by atoms with Crippen molar-refractivity contribution < 1.29 is 26.9 Å². The molecule has 0 radical (unpaired) electrons. The van der Waals surface area contributed by atoms with E-state index in [4.69, 9.17) is 21.1 Å². The van der Waals surface area contributed by atoms with Crippen molar-refractivity contribution in [3.63, 3.8) is 0 Å². The standard InChI is InChI=1S/C24H27ClF3N5O3S/c1-29-30-24(36-16-23(27)28)18-4-2-17(3-5-18)13-33(19-6-7-22(26)21(25)12-19)37(34)32-10-8-31(9-11-32)20-14-35-15-20/h2-7,12,20,23H,1,8-11,13-16H2/b30-24-. The first kappa shape index (κ1) is 27.5. The second kappa shape index (κ2) is 12.8. The molecule has 0 aliphatic carbocycles. The molecule has 0 N–H and O–H groups in total. The normalized spacial score (nSPS) is 18.5. The Morgan fingerprint density at radius 3 is 2.46 bits per heavy atom. The average Bonchev–Trinajstić information content (AvgIpc) is 2.86. The van der Waals surface area contributed by atoms with E-state index in [2.05, 4.69) is 21.8 Å². The fraction of sp³-hybridized carbons (Fsp3) is 0.417. The summed E-state index contributed by atoms with van der Waals surface area (Å²) in [4.78, 5) is 2.34. The third-order valence-electron chi connectivity index (χ3n) is 6.05. The molecule has 200 valence electrons. The molecule has 1 atom stereocenters. The van der Waals surface area contributed by atoms with Crippen LogP contribution in [0.2, 0.25) is 5.02 Å². The molecule has 2 aromatic carbocycles. The second-order valence-electron chi connectivity index (χ2n) is 8.47. The van der Waals surface area contributed by atoms with E-state index in [9.17, 15) is 17.4 Å². The third kappa shape index (κ3) is 7.08. The highest BCUT2D eigenvalue weighted by Crippen LogP contribution is 2.27. The highest BCUT2D eigenvalue weighted by Gasteiger charge is 2.32. The van der Waals surface area contributed by atoms with Gasteiger partial charge in [0.2, 0.25) is 5.90 Å². The van der Waals surface area contributed by atoms with E-state index < -0.39 is 30.0 Å². The first-order chi connectivity index (χ1) is 17.9. The lowest BCUT2D eigenvalue weighted by atomic mass is 10.1. The van der Waals surface area contributed by atoms with E-state index >= 15 is 0 Å². The van der Waals surface area contributed by atoms with Gasteiger partial charge in [-0.25, -0.2) is 21.7 Å². The van der Waals surface area contributed by atoms with Gasteiger partial charge in [-0.1, -0.05) is 23.7 Å². The van der Waals surface area contributed by atoms with Gasteiger partial charge in [-0.3, -0.25) is 9.21 Å². The molecule has 13 heteroatoms. The monoisotopic (exact) mass is 557 g/mol. The van der Waals surface area contributed by atoms with Crippen LogP contribution in [0.15, 0.2) is 52.7 Å². The molecule has 2 saturated heterocycles. The Hall–Kier alpha value is -2.51. The number of rotatable bonds is 10. The average molecular weight is 558 g/mol. The molecule has 0 bridgehead atoms. The third-order valence-corrected chi connectivity index (χ3v) is 7.86. The van der Waals surface area contributed by atoms with Crippen LogP contribution in [0.5, 0.6) is 0 Å². The predicted octanol–water partition coefficient (Wildman–Crippen LogP) is 3.72. The topological polar surface area (TPSA) is 70.0 Å². The summed E-state index contributed by atoms with van der Waals surface area (Å²) in [5.74, 6) is -0.648. The molecular formula is C24H27ClF3N5O3S. The molecule has 1 unspecified atom stereocenters. The molecular weight excluding hydrogens is 531 g/mol. The molecule has 0 spiro atoms. The van der Waals surface area contributed by atoms with Crippen LogP contribution in [-0.4, -0.2) is 84.5 Å². The van der Waals surface area contributed by atoms with Crippen LogP contribution in [0.4, 0.5) is 18.9 Å². The van der Waals surface area contributed by atoms with E-state index in [1.54, 1.807) is 28.6 Å². The quantitative estimate of drug-likeness (QED) is 0.254. The maximum absolute atomic E-state index is 13.9. The van der Waals surface area contributed by atoms with Crippen molar-refractivity contribution in [1.29, 1.82) is 0 Å². The smallest absolute Gasteiger partial charge is 0.272 e. The summed E-state index contributed by atoms with van der Waals surface area (Å²) in [6.07, 6.45) is -2.66. The summed E-state index contributed by atoms with van der Waals surface area (Å²) < 4.78 is 66.6. The molecule has 2 heterocycles. The molecule has 2 aromatic rings. The Balaban J connectivity index is 1.51. The van der Waals surface area contributed by atoms with Crippen molar-refractivity contribution >= 4 is 41.1 Å². The van der Waals surface area contributed by atoms with Gasteiger partial charge < -0.3 is 9.47 Å². The van der Waals surface area contributed by atoms with Crippen LogP contribution < -0.4 is 4.31 Å². The number of piperazine rings is 1. The number of nitrogens with zero attached hydrogens (tertiary/aromatic N) is 5. The number of ether oxygens (including phenoxy) is 2. The first-order valence-electron chi connectivity index (χ1n) is 11.6. The number of halogens is 4. The Morgan fingerprint density at radius 2 is 1.89 bits per heavy atom. The minimum absolute atomic E-state index is 0.0707. The van der Waals surface area contributed by atoms with E-state index in [1.165, 1.54) is 18.2 Å². The molecule has 4 rings (SSSR count). The van der Waals surface area contributed by atoms with Gasteiger partial charge in [0.05, 0.1) is 36.5 Å². The summed E-state index contributed by atoms with van der Waals surface area (Å²) in [7, 11) is 0. The Bertz CT molecular complexity index is 1130. The highest BCUT2D eigenvalue weighted by molar-refractivity contribution is 7.84. The van der Waals surface area contributed by atoms with Crippen molar-refractivity contribution in [3.8, 4) is 0 Å². The fourth-order valence-electron chi connectivity index (χ4n) is 3.97. The van der Waals surface area contributed by atoms with Crippen molar-refractivity contribution in [2.45, 2.75) is 19.0 Å². The zero-order valence-corrected chi connectivity index (χ0v) is 21.5. The van der Waals surface area contributed by atoms with Crippen LogP contribution in [0, 0.1) is 5.82 Å². The number of hydrogen-bond donors (Lipinski definition) is 0. The summed E-state index contributed by atoms with van der Waals surface area (Å²) in [5, 5.41) is 6.99. The highest BCUT2D eigenvalue weighted by atomic mass is 35.5. The van der Waals surface area contributed by atoms with Gasteiger partial charge in [0, 0.05) is 38.5 Å². The van der Waals surface area contributed by atoms with E-state index in [0.717, 1.165) is 31.9 Å². The van der Waals surface area contributed by atoms with Gasteiger partial charge in [-0.05, 0) is 35.9 Å². The van der Waals surface area contributed by atoms with Gasteiger partial charge in [0.1, 0.15) is 5.82 Å². The molecule has 0 amide bonds. The van der Waals surface area contributed by atoms with E-state index in [1.807, 2.05) is 4.31 Å². The molecule has 37 heavy (non-hydrogen) atoms. The van der Waals surface area contributed by atoms with Crippen molar-refractivity contribution in [2.75, 3.05) is 50.3 Å². The van der Waals surface area contributed by atoms with Gasteiger partial charge in [0.25, 0.3) is 6.43 Å². The van der Waals surface area contributed by atoms with E-state index in [-0.39, 0.29) is 17.5 Å². The number of alkyl halides is 2.